The maximum Gasteiger partial charge on any atom is 0.185 e. The van der Waals surface area contributed by atoms with Crippen LogP contribution in [0.5, 0.6) is 0 Å². The van der Waals surface area contributed by atoms with E-state index in [0.717, 1.165) is 60.0 Å². The van der Waals surface area contributed by atoms with E-state index in [1.54, 1.807) is 6.33 Å². The van der Waals surface area contributed by atoms with Crippen molar-refractivity contribution in [2.75, 3.05) is 24.5 Å². The largest absolute Gasteiger partial charge is 0.371 e. The molecule has 172 valence electrons. The summed E-state index contributed by atoms with van der Waals surface area (Å²) in [5.74, 6) is 1.31. The van der Waals surface area contributed by atoms with Gasteiger partial charge in [-0.3, -0.25) is 4.57 Å². The smallest absolute Gasteiger partial charge is 0.185 e. The number of hydrogen-bond acceptors (Lipinski definition) is 5. The number of rotatable bonds is 3. The van der Waals surface area contributed by atoms with Crippen LogP contribution in [0.2, 0.25) is 5.15 Å². The second-order valence-electron chi connectivity index (χ2n) is 8.68. The van der Waals surface area contributed by atoms with Crippen LogP contribution in [0.15, 0.2) is 54.9 Å². The standard InChI is InChI=1S/C25H22ClN7.H2S/c26-24-21(18-3-1-16(11-27)2-4-18)10-23-25-30-29-15-33(25)22-6-5-20(9-19(22)14-32(23)24)31-8-7-17(12-28)13-31;/h1-6,9-10,15,17H,7-8,12-14,28H2;1H2/t17-;/m0./s1. The minimum atomic E-state index is 0. The third-order valence-electron chi connectivity index (χ3n) is 6.77. The summed E-state index contributed by atoms with van der Waals surface area (Å²) < 4.78 is 4.13. The molecule has 1 fully saturated rings. The van der Waals surface area contributed by atoms with Crippen molar-refractivity contribution in [1.82, 2.24) is 19.3 Å². The normalized spacial score (nSPS) is 16.1. The number of hydrogen-bond donors (Lipinski definition) is 1. The third kappa shape index (κ3) is 3.57. The topological polar surface area (TPSA) is 88.7 Å². The van der Waals surface area contributed by atoms with Crippen LogP contribution in [0.4, 0.5) is 5.69 Å². The van der Waals surface area contributed by atoms with Crippen molar-refractivity contribution >= 4 is 30.8 Å². The number of anilines is 1. The zero-order chi connectivity index (χ0) is 22.5. The van der Waals surface area contributed by atoms with Gasteiger partial charge in [0.15, 0.2) is 5.82 Å². The molecule has 9 heteroatoms. The van der Waals surface area contributed by atoms with Crippen molar-refractivity contribution in [1.29, 1.82) is 5.26 Å². The second-order valence-corrected chi connectivity index (χ2v) is 9.04. The zero-order valence-electron chi connectivity index (χ0n) is 18.4. The average Bonchev–Trinajstić information content (AvgIpc) is 3.57. The van der Waals surface area contributed by atoms with Gasteiger partial charge in [0.25, 0.3) is 0 Å². The van der Waals surface area contributed by atoms with E-state index in [-0.39, 0.29) is 13.5 Å². The molecule has 0 spiro atoms. The molecule has 34 heavy (non-hydrogen) atoms. The summed E-state index contributed by atoms with van der Waals surface area (Å²) in [6, 6.07) is 18.3. The number of nitriles is 1. The first-order valence-electron chi connectivity index (χ1n) is 11.0. The molecule has 7 nitrogen and oxygen atoms in total. The lowest BCUT2D eigenvalue weighted by atomic mass is 10.1. The Labute approximate surface area is 209 Å². The Morgan fingerprint density at radius 3 is 2.71 bits per heavy atom. The van der Waals surface area contributed by atoms with Crippen LogP contribution < -0.4 is 10.6 Å². The van der Waals surface area contributed by atoms with Crippen LogP contribution in [0, 0.1) is 17.2 Å². The molecule has 0 radical (unpaired) electrons. The lowest BCUT2D eigenvalue weighted by molar-refractivity contribution is 0.602. The summed E-state index contributed by atoms with van der Waals surface area (Å²) in [6.07, 6.45) is 2.89. The fourth-order valence-corrected chi connectivity index (χ4v) is 5.25. The van der Waals surface area contributed by atoms with Crippen LogP contribution in [0.1, 0.15) is 17.5 Å². The average molecular weight is 490 g/mol. The highest BCUT2D eigenvalue weighted by molar-refractivity contribution is 7.59. The molecule has 1 saturated heterocycles. The highest BCUT2D eigenvalue weighted by Crippen LogP contribution is 2.40. The van der Waals surface area contributed by atoms with E-state index in [1.165, 1.54) is 5.69 Å². The first-order chi connectivity index (χ1) is 16.2. The fraction of sp³-hybridized carbons (Fsp3) is 0.240. The Morgan fingerprint density at radius 1 is 1.15 bits per heavy atom. The van der Waals surface area contributed by atoms with Gasteiger partial charge in [0, 0.05) is 24.3 Å². The molecule has 2 aliphatic rings. The molecule has 2 aromatic heterocycles. The van der Waals surface area contributed by atoms with Gasteiger partial charge in [0.2, 0.25) is 0 Å². The molecular formula is C25H24ClN7S. The molecule has 0 unspecified atom stereocenters. The summed E-state index contributed by atoms with van der Waals surface area (Å²) in [5, 5.41) is 18.4. The molecule has 0 aliphatic carbocycles. The Hall–Kier alpha value is -3.25. The van der Waals surface area contributed by atoms with Gasteiger partial charge in [-0.2, -0.15) is 18.8 Å². The Bertz CT molecular complexity index is 1400. The third-order valence-corrected chi connectivity index (χ3v) is 7.18. The van der Waals surface area contributed by atoms with Crippen LogP contribution >= 0.6 is 25.1 Å². The van der Waals surface area contributed by atoms with Crippen molar-refractivity contribution in [2.45, 2.75) is 13.0 Å². The molecule has 4 heterocycles. The van der Waals surface area contributed by atoms with Crippen molar-refractivity contribution in [3.05, 3.63) is 71.1 Å². The summed E-state index contributed by atoms with van der Waals surface area (Å²) in [7, 11) is 0. The SMILES string of the molecule is N#Cc1ccc(-c2cc3n(c2Cl)Cc2cc(N4CC[C@@H](CN)C4)ccc2-n2cnnc2-3)cc1.S. The van der Waals surface area contributed by atoms with E-state index in [1.807, 2.05) is 28.8 Å². The molecular weight excluding hydrogens is 466 g/mol. The fourth-order valence-electron chi connectivity index (χ4n) is 4.94. The molecule has 2 aromatic carbocycles. The minimum Gasteiger partial charge on any atom is -0.371 e. The van der Waals surface area contributed by atoms with Crippen LogP contribution in [-0.4, -0.2) is 39.0 Å². The molecule has 0 saturated carbocycles. The van der Waals surface area contributed by atoms with E-state index in [9.17, 15) is 0 Å². The monoisotopic (exact) mass is 489 g/mol. The quantitative estimate of drug-likeness (QED) is 0.410. The maximum atomic E-state index is 9.12. The van der Waals surface area contributed by atoms with Gasteiger partial charge < -0.3 is 15.2 Å². The van der Waals surface area contributed by atoms with Crippen molar-refractivity contribution in [2.24, 2.45) is 11.7 Å². The van der Waals surface area contributed by atoms with Gasteiger partial charge in [-0.1, -0.05) is 23.7 Å². The number of nitrogens with zero attached hydrogens (tertiary/aromatic N) is 6. The molecule has 2 N–H and O–H groups in total. The minimum absolute atomic E-state index is 0. The van der Waals surface area contributed by atoms with E-state index in [4.69, 9.17) is 22.6 Å². The van der Waals surface area contributed by atoms with E-state index in [0.29, 0.717) is 23.2 Å². The molecule has 6 rings (SSSR count). The number of fused-ring (bicyclic) bond motifs is 5. The predicted octanol–water partition coefficient (Wildman–Crippen LogP) is 4.19. The molecule has 2 aliphatic heterocycles. The Morgan fingerprint density at radius 2 is 1.97 bits per heavy atom. The van der Waals surface area contributed by atoms with Gasteiger partial charge in [0.05, 0.1) is 29.6 Å². The van der Waals surface area contributed by atoms with Gasteiger partial charge in [-0.25, -0.2) is 0 Å². The van der Waals surface area contributed by atoms with Crippen molar-refractivity contribution < 1.29 is 0 Å². The number of nitrogens with two attached hydrogens (primary N) is 1. The number of aromatic nitrogens is 4. The maximum absolute atomic E-state index is 9.12. The first kappa shape index (κ1) is 22.5. The van der Waals surface area contributed by atoms with Crippen molar-refractivity contribution in [3.8, 4) is 34.4 Å². The number of benzene rings is 2. The molecule has 1 atom stereocenters. The first-order valence-corrected chi connectivity index (χ1v) is 11.4. The van der Waals surface area contributed by atoms with E-state index in [2.05, 4.69) is 50.0 Å². The summed E-state index contributed by atoms with van der Waals surface area (Å²) in [6.45, 7) is 3.37. The van der Waals surface area contributed by atoms with Gasteiger partial charge >= 0.3 is 0 Å². The van der Waals surface area contributed by atoms with Crippen LogP contribution in [-0.2, 0) is 6.54 Å². The van der Waals surface area contributed by atoms with E-state index < -0.39 is 0 Å². The lowest BCUT2D eigenvalue weighted by Crippen LogP contribution is -2.22. The molecule has 0 bridgehead atoms. The Balaban J connectivity index is 0.00000241. The predicted molar refractivity (Wildman–Crippen MR) is 139 cm³/mol. The lowest BCUT2D eigenvalue weighted by Gasteiger charge is -2.21. The van der Waals surface area contributed by atoms with Crippen LogP contribution in [0.3, 0.4) is 0 Å². The van der Waals surface area contributed by atoms with Gasteiger partial charge in [-0.15, -0.1) is 10.2 Å². The number of halogens is 1. The zero-order valence-corrected chi connectivity index (χ0v) is 20.2. The van der Waals surface area contributed by atoms with E-state index >= 15 is 0 Å². The summed E-state index contributed by atoms with van der Waals surface area (Å²) >= 11 is 6.94. The Kier molecular flexibility index (Phi) is 5.86. The van der Waals surface area contributed by atoms with Crippen LogP contribution in [0.25, 0.3) is 28.3 Å². The highest BCUT2D eigenvalue weighted by Gasteiger charge is 2.27. The van der Waals surface area contributed by atoms with Crippen molar-refractivity contribution in [3.63, 3.8) is 0 Å². The summed E-state index contributed by atoms with van der Waals surface area (Å²) in [4.78, 5) is 2.41. The second kappa shape index (κ2) is 8.84. The van der Waals surface area contributed by atoms with Gasteiger partial charge in [0.1, 0.15) is 11.5 Å². The molecule has 4 aromatic rings. The summed E-state index contributed by atoms with van der Waals surface area (Å²) in [5.41, 5.74) is 12.7. The highest BCUT2D eigenvalue weighted by atomic mass is 35.5. The van der Waals surface area contributed by atoms with Gasteiger partial charge in [-0.05, 0) is 66.4 Å². The molecule has 0 amide bonds.